The quantitative estimate of drug-likeness (QED) is 0.645. The van der Waals surface area contributed by atoms with Crippen LogP contribution in [0.15, 0.2) is 64.2 Å². The smallest absolute Gasteiger partial charge is 0.246 e. The van der Waals surface area contributed by atoms with Crippen LogP contribution >= 0.6 is 15.9 Å². The Labute approximate surface area is 143 Å². The van der Waals surface area contributed by atoms with Crippen molar-refractivity contribution in [3.05, 3.63) is 70.2 Å². The van der Waals surface area contributed by atoms with Gasteiger partial charge in [0.1, 0.15) is 5.60 Å². The van der Waals surface area contributed by atoms with E-state index >= 15 is 0 Å². The van der Waals surface area contributed by atoms with E-state index in [1.54, 1.807) is 13.3 Å². The highest BCUT2D eigenvalue weighted by Gasteiger charge is 2.60. The van der Waals surface area contributed by atoms with E-state index in [0.717, 1.165) is 15.6 Å². The fourth-order valence-corrected chi connectivity index (χ4v) is 3.14. The number of nitrogens with one attached hydrogen (secondary N) is 1. The SMILES string of the molecule is CO[C@]1(c2ccccc2)C[C@H]1C(=O)N/N=C\c1ccccc1Br. The Hall–Kier alpha value is -1.98. The fourth-order valence-electron chi connectivity index (χ4n) is 2.75. The summed E-state index contributed by atoms with van der Waals surface area (Å²) in [5, 5.41) is 4.05. The molecule has 3 rings (SSSR count). The van der Waals surface area contributed by atoms with Crippen molar-refractivity contribution in [2.45, 2.75) is 12.0 Å². The summed E-state index contributed by atoms with van der Waals surface area (Å²) >= 11 is 3.44. The number of carbonyl (C=O) groups excluding carboxylic acids is 1. The third kappa shape index (κ3) is 3.21. The zero-order valence-corrected chi connectivity index (χ0v) is 14.3. The number of hydrogen-bond acceptors (Lipinski definition) is 3. The Morgan fingerprint density at radius 1 is 1.26 bits per heavy atom. The molecule has 1 fully saturated rings. The van der Waals surface area contributed by atoms with Crippen LogP contribution in [0.25, 0.3) is 0 Å². The van der Waals surface area contributed by atoms with Gasteiger partial charge in [-0.3, -0.25) is 4.79 Å². The van der Waals surface area contributed by atoms with Crippen LogP contribution in [-0.4, -0.2) is 19.2 Å². The molecular formula is C18H17BrN2O2. The van der Waals surface area contributed by atoms with Crippen LogP contribution in [0.5, 0.6) is 0 Å². The van der Waals surface area contributed by atoms with E-state index in [0.29, 0.717) is 6.42 Å². The molecule has 0 saturated heterocycles. The molecular weight excluding hydrogens is 356 g/mol. The Balaban J connectivity index is 1.65. The number of ether oxygens (including phenoxy) is 1. The molecule has 0 heterocycles. The number of nitrogens with zero attached hydrogens (tertiary/aromatic N) is 1. The Kier molecular flexibility index (Phi) is 4.59. The van der Waals surface area contributed by atoms with Gasteiger partial charge in [0.15, 0.2) is 0 Å². The maximum Gasteiger partial charge on any atom is 0.246 e. The number of methoxy groups -OCH3 is 1. The van der Waals surface area contributed by atoms with Crippen molar-refractivity contribution >= 4 is 28.1 Å². The zero-order chi connectivity index (χ0) is 16.3. The number of carbonyl (C=O) groups is 1. The maximum absolute atomic E-state index is 12.3. The standard InChI is InChI=1S/C18H17BrN2O2/c1-23-18(14-8-3-2-4-9-14)11-15(18)17(22)21-20-12-13-7-5-6-10-16(13)19/h2-10,12,15H,11H2,1H3,(H,21,22)/b20-12-/t15-,18-/m0/s1. The van der Waals surface area contributed by atoms with Crippen molar-refractivity contribution in [1.29, 1.82) is 0 Å². The highest BCUT2D eigenvalue weighted by molar-refractivity contribution is 9.10. The summed E-state index contributed by atoms with van der Waals surface area (Å²) < 4.78 is 6.56. The lowest BCUT2D eigenvalue weighted by Crippen LogP contribution is -2.25. The van der Waals surface area contributed by atoms with Gasteiger partial charge in [-0.1, -0.05) is 64.5 Å². The molecule has 2 atom stereocenters. The largest absolute Gasteiger partial charge is 0.373 e. The lowest BCUT2D eigenvalue weighted by molar-refractivity contribution is -0.124. The number of hydrazone groups is 1. The van der Waals surface area contributed by atoms with Crippen molar-refractivity contribution in [2.75, 3.05) is 7.11 Å². The van der Waals surface area contributed by atoms with Crippen LogP contribution in [-0.2, 0) is 15.1 Å². The number of benzene rings is 2. The molecule has 2 aromatic carbocycles. The van der Waals surface area contributed by atoms with Gasteiger partial charge < -0.3 is 4.74 Å². The van der Waals surface area contributed by atoms with Gasteiger partial charge in [0.05, 0.1) is 12.1 Å². The Morgan fingerprint density at radius 3 is 2.65 bits per heavy atom. The van der Waals surface area contributed by atoms with Crippen molar-refractivity contribution in [2.24, 2.45) is 11.0 Å². The first-order valence-corrected chi connectivity index (χ1v) is 8.15. The van der Waals surface area contributed by atoms with E-state index < -0.39 is 5.60 Å². The molecule has 1 N–H and O–H groups in total. The number of amides is 1. The molecule has 1 amide bonds. The molecule has 0 bridgehead atoms. The molecule has 0 unspecified atom stereocenters. The second-order valence-corrected chi connectivity index (χ2v) is 6.33. The lowest BCUT2D eigenvalue weighted by atomic mass is 10.1. The normalized spacial score (nSPS) is 23.0. The number of hydrogen-bond donors (Lipinski definition) is 1. The molecule has 4 nitrogen and oxygen atoms in total. The maximum atomic E-state index is 12.3. The van der Waals surface area contributed by atoms with E-state index in [2.05, 4.69) is 26.5 Å². The minimum absolute atomic E-state index is 0.126. The molecule has 0 aromatic heterocycles. The van der Waals surface area contributed by atoms with Crippen molar-refractivity contribution in [3.8, 4) is 0 Å². The van der Waals surface area contributed by atoms with Crippen LogP contribution in [0, 0.1) is 5.92 Å². The minimum atomic E-state index is -0.520. The third-order valence-corrected chi connectivity index (χ3v) is 4.86. The van der Waals surface area contributed by atoms with Crippen LogP contribution in [0.4, 0.5) is 0 Å². The fraction of sp³-hybridized carbons (Fsp3) is 0.222. The van der Waals surface area contributed by atoms with Gasteiger partial charge in [0.25, 0.3) is 0 Å². The summed E-state index contributed by atoms with van der Waals surface area (Å²) in [6.45, 7) is 0. The molecule has 118 valence electrons. The molecule has 0 radical (unpaired) electrons. The average molecular weight is 373 g/mol. The summed E-state index contributed by atoms with van der Waals surface area (Å²) in [5.41, 5.74) is 4.02. The molecule has 1 aliphatic carbocycles. The highest BCUT2D eigenvalue weighted by Crippen LogP contribution is 2.54. The molecule has 0 aliphatic heterocycles. The van der Waals surface area contributed by atoms with E-state index in [9.17, 15) is 4.79 Å². The molecule has 5 heteroatoms. The average Bonchev–Trinajstić information content (AvgIpc) is 3.34. The Morgan fingerprint density at radius 2 is 1.96 bits per heavy atom. The first-order chi connectivity index (χ1) is 11.2. The second-order valence-electron chi connectivity index (χ2n) is 5.47. The second kappa shape index (κ2) is 6.64. The van der Waals surface area contributed by atoms with Crippen molar-refractivity contribution in [3.63, 3.8) is 0 Å². The van der Waals surface area contributed by atoms with Crippen LogP contribution in [0.2, 0.25) is 0 Å². The van der Waals surface area contributed by atoms with Gasteiger partial charge >= 0.3 is 0 Å². The van der Waals surface area contributed by atoms with Gasteiger partial charge in [-0.15, -0.1) is 0 Å². The highest BCUT2D eigenvalue weighted by atomic mass is 79.9. The lowest BCUT2D eigenvalue weighted by Gasteiger charge is -2.15. The third-order valence-electron chi connectivity index (χ3n) is 4.14. The molecule has 1 aliphatic rings. The molecule has 0 spiro atoms. The number of halogens is 1. The van der Waals surface area contributed by atoms with E-state index in [1.165, 1.54) is 0 Å². The van der Waals surface area contributed by atoms with E-state index in [1.807, 2.05) is 54.6 Å². The first kappa shape index (κ1) is 15.9. The predicted octanol–water partition coefficient (Wildman–Crippen LogP) is 3.46. The molecule has 23 heavy (non-hydrogen) atoms. The molecule has 2 aromatic rings. The van der Waals surface area contributed by atoms with Crippen LogP contribution in [0.3, 0.4) is 0 Å². The topological polar surface area (TPSA) is 50.7 Å². The van der Waals surface area contributed by atoms with Crippen molar-refractivity contribution in [1.82, 2.24) is 5.43 Å². The first-order valence-electron chi connectivity index (χ1n) is 7.35. The summed E-state index contributed by atoms with van der Waals surface area (Å²) in [6, 6.07) is 17.5. The monoisotopic (exact) mass is 372 g/mol. The van der Waals surface area contributed by atoms with Crippen LogP contribution < -0.4 is 5.43 Å². The summed E-state index contributed by atoms with van der Waals surface area (Å²) in [5.74, 6) is -0.342. The summed E-state index contributed by atoms with van der Waals surface area (Å²) in [6.07, 6.45) is 2.30. The van der Waals surface area contributed by atoms with Crippen LogP contribution in [0.1, 0.15) is 17.5 Å². The zero-order valence-electron chi connectivity index (χ0n) is 12.7. The van der Waals surface area contributed by atoms with Gasteiger partial charge in [0, 0.05) is 17.1 Å². The predicted molar refractivity (Wildman–Crippen MR) is 93.1 cm³/mol. The van der Waals surface area contributed by atoms with E-state index in [-0.39, 0.29) is 11.8 Å². The molecule has 1 saturated carbocycles. The van der Waals surface area contributed by atoms with Gasteiger partial charge in [-0.05, 0) is 18.1 Å². The van der Waals surface area contributed by atoms with Crippen molar-refractivity contribution < 1.29 is 9.53 Å². The number of rotatable bonds is 5. The van der Waals surface area contributed by atoms with E-state index in [4.69, 9.17) is 4.74 Å². The Bertz CT molecular complexity index is 733. The van der Waals surface area contributed by atoms with Gasteiger partial charge in [-0.2, -0.15) is 5.10 Å². The van der Waals surface area contributed by atoms with Gasteiger partial charge in [-0.25, -0.2) is 5.43 Å². The summed E-state index contributed by atoms with van der Waals surface area (Å²) in [4.78, 5) is 12.3. The summed E-state index contributed by atoms with van der Waals surface area (Å²) in [7, 11) is 1.64. The van der Waals surface area contributed by atoms with Gasteiger partial charge in [0.2, 0.25) is 5.91 Å². The minimum Gasteiger partial charge on any atom is -0.373 e.